The van der Waals surface area contributed by atoms with E-state index in [1.54, 1.807) is 4.90 Å². The highest BCUT2D eigenvalue weighted by Crippen LogP contribution is 2.37. The van der Waals surface area contributed by atoms with Gasteiger partial charge in [-0.1, -0.05) is 78.9 Å². The number of ether oxygens (including phenoxy) is 1. The molecule has 1 heterocycles. The van der Waals surface area contributed by atoms with Crippen LogP contribution in [0, 0.1) is 0 Å². The monoisotopic (exact) mass is 463 g/mol. The Balaban J connectivity index is 1.31. The van der Waals surface area contributed by atoms with Gasteiger partial charge in [0.1, 0.15) is 18.3 Å². The van der Waals surface area contributed by atoms with Crippen molar-refractivity contribution in [1.82, 2.24) is 4.90 Å². The first-order valence-corrected chi connectivity index (χ1v) is 11.5. The third-order valence-corrected chi connectivity index (χ3v) is 5.86. The number of nitrogens with zero attached hydrogens (tertiary/aromatic N) is 1. The topological polar surface area (TPSA) is 70.7 Å². The minimum Gasteiger partial charge on any atom is -0.478 e. The number of rotatable bonds is 8. The van der Waals surface area contributed by atoms with Crippen LogP contribution in [0.2, 0.25) is 0 Å². The average Bonchev–Trinajstić information content (AvgIpc) is 2.90. The van der Waals surface area contributed by atoms with Crippen molar-refractivity contribution in [3.63, 3.8) is 0 Å². The molecule has 2 unspecified atom stereocenters. The number of amides is 2. The molecule has 35 heavy (non-hydrogen) atoms. The first-order chi connectivity index (χ1) is 17.2. The highest BCUT2D eigenvalue weighted by atomic mass is 16.5. The number of benzene rings is 4. The zero-order chi connectivity index (χ0) is 24.0. The molecular formula is C29H25N3O3. The lowest BCUT2D eigenvalue weighted by atomic mass is 9.90. The molecule has 4 aromatic carbocycles. The maximum Gasteiger partial charge on any atom is 0.267 e. The fourth-order valence-electron chi connectivity index (χ4n) is 4.18. The molecular weight excluding hydrogens is 438 g/mol. The Bertz CT molecular complexity index is 1300. The van der Waals surface area contributed by atoms with Crippen LogP contribution in [0.5, 0.6) is 5.75 Å². The van der Waals surface area contributed by atoms with E-state index < -0.39 is 6.10 Å². The van der Waals surface area contributed by atoms with E-state index in [0.717, 1.165) is 16.9 Å². The number of para-hydroxylation sites is 4. The fourth-order valence-corrected chi connectivity index (χ4v) is 4.18. The first-order valence-electron chi connectivity index (χ1n) is 11.5. The smallest absolute Gasteiger partial charge is 0.267 e. The molecule has 6 heteroatoms. The van der Waals surface area contributed by atoms with Gasteiger partial charge in [-0.3, -0.25) is 9.59 Å². The van der Waals surface area contributed by atoms with E-state index in [4.69, 9.17) is 4.74 Å². The second-order valence-electron chi connectivity index (χ2n) is 8.26. The Morgan fingerprint density at radius 2 is 1.31 bits per heavy atom. The quantitative estimate of drug-likeness (QED) is 0.343. The second kappa shape index (κ2) is 10.1. The van der Waals surface area contributed by atoms with Gasteiger partial charge in [0.05, 0.1) is 11.4 Å². The van der Waals surface area contributed by atoms with Gasteiger partial charge in [-0.15, -0.1) is 0 Å². The lowest BCUT2D eigenvalue weighted by Crippen LogP contribution is -2.62. The molecule has 2 N–H and O–H groups in total. The minimum absolute atomic E-state index is 0.0767. The zero-order valence-corrected chi connectivity index (χ0v) is 19.0. The SMILES string of the molecule is O=C(CN1C(=O)C(Oc2ccccc2)C1c1ccccc1)Nc1ccccc1Nc1ccccc1. The van der Waals surface area contributed by atoms with Crippen LogP contribution in [0.1, 0.15) is 11.6 Å². The highest BCUT2D eigenvalue weighted by Gasteiger charge is 2.50. The Morgan fingerprint density at radius 1 is 0.743 bits per heavy atom. The van der Waals surface area contributed by atoms with Crippen LogP contribution in [0.15, 0.2) is 115 Å². The molecule has 0 aliphatic carbocycles. The highest BCUT2D eigenvalue weighted by molar-refractivity contribution is 6.00. The summed E-state index contributed by atoms with van der Waals surface area (Å²) in [5, 5.41) is 6.27. The van der Waals surface area contributed by atoms with Crippen molar-refractivity contribution in [2.45, 2.75) is 12.1 Å². The van der Waals surface area contributed by atoms with E-state index in [9.17, 15) is 9.59 Å². The van der Waals surface area contributed by atoms with Crippen LogP contribution < -0.4 is 15.4 Å². The van der Waals surface area contributed by atoms with Gasteiger partial charge in [-0.05, 0) is 42.0 Å². The Kier molecular flexibility index (Phi) is 6.44. The van der Waals surface area contributed by atoms with Crippen LogP contribution in [0.3, 0.4) is 0 Å². The molecule has 0 radical (unpaired) electrons. The third kappa shape index (κ3) is 5.01. The van der Waals surface area contributed by atoms with Gasteiger partial charge in [0.2, 0.25) is 12.0 Å². The summed E-state index contributed by atoms with van der Waals surface area (Å²) in [7, 11) is 0. The van der Waals surface area contributed by atoms with E-state index >= 15 is 0 Å². The van der Waals surface area contributed by atoms with Gasteiger partial charge in [0.25, 0.3) is 5.91 Å². The predicted octanol–water partition coefficient (Wildman–Crippen LogP) is 5.40. The predicted molar refractivity (Wildman–Crippen MR) is 137 cm³/mol. The minimum atomic E-state index is -0.681. The van der Waals surface area contributed by atoms with Crippen molar-refractivity contribution < 1.29 is 14.3 Å². The molecule has 6 nitrogen and oxygen atoms in total. The Labute approximate surface area is 204 Å². The standard InChI is InChI=1S/C29H25N3O3/c33-26(31-25-19-11-10-18-24(25)30-22-14-6-2-7-15-22)20-32-27(21-12-4-1-5-13-21)28(29(32)34)35-23-16-8-3-9-17-23/h1-19,27-28,30H,20H2,(H,31,33). The number of anilines is 3. The van der Waals surface area contributed by atoms with E-state index in [2.05, 4.69) is 10.6 Å². The van der Waals surface area contributed by atoms with Crippen molar-refractivity contribution in [3.05, 3.63) is 121 Å². The summed E-state index contributed by atoms with van der Waals surface area (Å²) >= 11 is 0. The molecule has 4 aromatic rings. The Morgan fingerprint density at radius 3 is 2.00 bits per heavy atom. The van der Waals surface area contributed by atoms with Crippen molar-refractivity contribution in [3.8, 4) is 5.75 Å². The van der Waals surface area contributed by atoms with Crippen molar-refractivity contribution in [1.29, 1.82) is 0 Å². The lowest BCUT2D eigenvalue weighted by molar-refractivity contribution is -0.165. The number of hydrogen-bond acceptors (Lipinski definition) is 4. The number of carbonyl (C=O) groups excluding carboxylic acids is 2. The van der Waals surface area contributed by atoms with Gasteiger partial charge in [-0.25, -0.2) is 0 Å². The summed E-state index contributed by atoms with van der Waals surface area (Å²) < 4.78 is 6.01. The van der Waals surface area contributed by atoms with Crippen LogP contribution in [0.4, 0.5) is 17.1 Å². The summed E-state index contributed by atoms with van der Waals surface area (Å²) in [6.07, 6.45) is -0.681. The van der Waals surface area contributed by atoms with E-state index in [0.29, 0.717) is 11.4 Å². The van der Waals surface area contributed by atoms with Gasteiger partial charge in [0, 0.05) is 5.69 Å². The van der Waals surface area contributed by atoms with Gasteiger partial charge >= 0.3 is 0 Å². The van der Waals surface area contributed by atoms with Gasteiger partial charge in [-0.2, -0.15) is 0 Å². The lowest BCUT2D eigenvalue weighted by Gasteiger charge is -2.46. The normalized spacial score (nSPS) is 16.8. The molecule has 0 saturated carbocycles. The van der Waals surface area contributed by atoms with Crippen LogP contribution in [-0.2, 0) is 9.59 Å². The molecule has 2 atom stereocenters. The number of β-lactam (4-membered cyclic amide) rings is 1. The molecule has 5 rings (SSSR count). The molecule has 1 saturated heterocycles. The summed E-state index contributed by atoms with van der Waals surface area (Å²) in [5.41, 5.74) is 3.25. The maximum atomic E-state index is 13.1. The third-order valence-electron chi connectivity index (χ3n) is 5.86. The van der Waals surface area contributed by atoms with Gasteiger partial charge in [0.15, 0.2) is 0 Å². The summed E-state index contributed by atoms with van der Waals surface area (Å²) in [4.78, 5) is 27.6. The van der Waals surface area contributed by atoms with Gasteiger partial charge < -0.3 is 20.3 Å². The molecule has 0 bridgehead atoms. The molecule has 174 valence electrons. The molecule has 0 spiro atoms. The molecule has 0 aromatic heterocycles. The molecule has 2 amide bonds. The summed E-state index contributed by atoms with van der Waals surface area (Å²) in [6.45, 7) is -0.0767. The number of carbonyl (C=O) groups is 2. The van der Waals surface area contributed by atoms with E-state index in [-0.39, 0.29) is 24.4 Å². The molecule has 1 aliphatic heterocycles. The molecule has 1 aliphatic rings. The van der Waals surface area contributed by atoms with E-state index in [1.165, 1.54) is 0 Å². The van der Waals surface area contributed by atoms with Crippen molar-refractivity contribution >= 4 is 28.9 Å². The fraction of sp³-hybridized carbons (Fsp3) is 0.103. The Hall–Kier alpha value is -4.58. The van der Waals surface area contributed by atoms with E-state index in [1.807, 2.05) is 115 Å². The number of hydrogen-bond donors (Lipinski definition) is 2. The van der Waals surface area contributed by atoms with Crippen molar-refractivity contribution in [2.24, 2.45) is 0 Å². The maximum absolute atomic E-state index is 13.1. The average molecular weight is 464 g/mol. The zero-order valence-electron chi connectivity index (χ0n) is 19.0. The van der Waals surface area contributed by atoms with Crippen LogP contribution in [-0.4, -0.2) is 29.4 Å². The first kappa shape index (κ1) is 22.2. The second-order valence-corrected chi connectivity index (χ2v) is 8.26. The molecule has 1 fully saturated rings. The van der Waals surface area contributed by atoms with Crippen LogP contribution >= 0.6 is 0 Å². The summed E-state index contributed by atoms with van der Waals surface area (Å²) in [6, 6.07) is 35.8. The van der Waals surface area contributed by atoms with Crippen molar-refractivity contribution in [2.75, 3.05) is 17.2 Å². The summed E-state index contributed by atoms with van der Waals surface area (Å²) in [5.74, 6) is 0.130. The largest absolute Gasteiger partial charge is 0.478 e. The number of nitrogens with one attached hydrogen (secondary N) is 2. The number of likely N-dealkylation sites (tertiary alicyclic amines) is 1. The van der Waals surface area contributed by atoms with Crippen LogP contribution in [0.25, 0.3) is 0 Å².